The second-order valence-electron chi connectivity index (χ2n) is 6.34. The summed E-state index contributed by atoms with van der Waals surface area (Å²) in [7, 11) is 1.77. The van der Waals surface area contributed by atoms with Crippen molar-refractivity contribution < 1.29 is 4.74 Å². The van der Waals surface area contributed by atoms with E-state index in [-0.39, 0.29) is 24.0 Å². The summed E-state index contributed by atoms with van der Waals surface area (Å²) >= 11 is 1.72. The topological polar surface area (TPSA) is 58.5 Å². The van der Waals surface area contributed by atoms with Gasteiger partial charge in [-0.25, -0.2) is 4.98 Å². The Morgan fingerprint density at radius 3 is 2.50 bits per heavy atom. The van der Waals surface area contributed by atoms with Gasteiger partial charge in [-0.3, -0.25) is 4.99 Å². The van der Waals surface area contributed by atoms with Crippen molar-refractivity contribution in [3.8, 4) is 5.75 Å². The molecular formula is C19H29IN4OS. The number of aryl methyl sites for hydroxylation is 2. The van der Waals surface area contributed by atoms with E-state index < -0.39 is 0 Å². The van der Waals surface area contributed by atoms with Crippen LogP contribution in [-0.4, -0.2) is 24.6 Å². The summed E-state index contributed by atoms with van der Waals surface area (Å²) in [5.74, 6) is 2.18. The maximum absolute atomic E-state index is 5.90. The molecule has 7 heteroatoms. The minimum atomic E-state index is 0. The third kappa shape index (κ3) is 7.11. The molecule has 0 fully saturated rings. The molecule has 1 aromatic heterocycles. The SMILES string of the molecule is CN=C(NCc1nc(C)c(C)s1)NCc1ccccc1OCC(C)C.I. The van der Waals surface area contributed by atoms with Crippen LogP contribution in [0.4, 0.5) is 0 Å². The van der Waals surface area contributed by atoms with Gasteiger partial charge in [0, 0.05) is 24.0 Å². The molecule has 0 unspecified atom stereocenters. The fraction of sp³-hybridized carbons (Fsp3) is 0.474. The van der Waals surface area contributed by atoms with E-state index in [4.69, 9.17) is 4.74 Å². The van der Waals surface area contributed by atoms with Crippen molar-refractivity contribution in [3.63, 3.8) is 0 Å². The molecular weight excluding hydrogens is 459 g/mol. The molecule has 0 aliphatic carbocycles. The Morgan fingerprint density at radius 1 is 1.19 bits per heavy atom. The number of thiazole rings is 1. The van der Waals surface area contributed by atoms with E-state index in [9.17, 15) is 0 Å². The van der Waals surface area contributed by atoms with Gasteiger partial charge in [0.25, 0.3) is 0 Å². The Kier molecular flexibility index (Phi) is 9.93. The maximum Gasteiger partial charge on any atom is 0.191 e. The van der Waals surface area contributed by atoms with E-state index in [2.05, 4.69) is 47.4 Å². The first kappa shape index (κ1) is 22.7. The van der Waals surface area contributed by atoms with Crippen molar-refractivity contribution in [2.45, 2.75) is 40.8 Å². The molecule has 0 saturated carbocycles. The molecule has 2 N–H and O–H groups in total. The number of aliphatic imine (C=N–C) groups is 1. The van der Waals surface area contributed by atoms with Crippen LogP contribution in [0.1, 0.15) is 35.0 Å². The quantitative estimate of drug-likeness (QED) is 0.347. The first-order valence-electron chi connectivity index (χ1n) is 8.57. The van der Waals surface area contributed by atoms with Crippen molar-refractivity contribution in [1.29, 1.82) is 0 Å². The van der Waals surface area contributed by atoms with Gasteiger partial charge < -0.3 is 15.4 Å². The largest absolute Gasteiger partial charge is 0.493 e. The van der Waals surface area contributed by atoms with Crippen LogP contribution < -0.4 is 15.4 Å². The number of nitrogens with one attached hydrogen (secondary N) is 2. The van der Waals surface area contributed by atoms with Crippen LogP contribution in [0.5, 0.6) is 5.75 Å². The van der Waals surface area contributed by atoms with Gasteiger partial charge in [-0.2, -0.15) is 0 Å². The van der Waals surface area contributed by atoms with E-state index in [1.807, 2.05) is 25.1 Å². The first-order valence-corrected chi connectivity index (χ1v) is 9.39. The second-order valence-corrected chi connectivity index (χ2v) is 7.63. The van der Waals surface area contributed by atoms with Crippen LogP contribution in [0.25, 0.3) is 0 Å². The third-order valence-electron chi connectivity index (χ3n) is 3.69. The van der Waals surface area contributed by atoms with Crippen LogP contribution in [0.2, 0.25) is 0 Å². The Balaban J connectivity index is 0.00000338. The molecule has 0 aliphatic heterocycles. The Labute approximate surface area is 177 Å². The van der Waals surface area contributed by atoms with Crippen LogP contribution >= 0.6 is 35.3 Å². The number of rotatable bonds is 7. The van der Waals surface area contributed by atoms with Gasteiger partial charge in [0.05, 0.1) is 18.8 Å². The lowest BCUT2D eigenvalue weighted by Crippen LogP contribution is -2.36. The monoisotopic (exact) mass is 488 g/mol. The molecule has 2 rings (SSSR count). The molecule has 0 atom stereocenters. The predicted octanol–water partition coefficient (Wildman–Crippen LogP) is 4.28. The molecule has 26 heavy (non-hydrogen) atoms. The molecule has 144 valence electrons. The summed E-state index contributed by atoms with van der Waals surface area (Å²) in [5, 5.41) is 7.72. The molecule has 0 amide bonds. The summed E-state index contributed by atoms with van der Waals surface area (Å²) < 4.78 is 5.90. The highest BCUT2D eigenvalue weighted by atomic mass is 127. The zero-order chi connectivity index (χ0) is 18.2. The Morgan fingerprint density at radius 2 is 1.88 bits per heavy atom. The van der Waals surface area contributed by atoms with Crippen LogP contribution in [0.15, 0.2) is 29.3 Å². The van der Waals surface area contributed by atoms with Gasteiger partial charge >= 0.3 is 0 Å². The van der Waals surface area contributed by atoms with Crippen LogP contribution in [0, 0.1) is 19.8 Å². The summed E-state index contributed by atoms with van der Waals surface area (Å²) in [6.45, 7) is 10.5. The normalized spacial score (nSPS) is 11.2. The third-order valence-corrected chi connectivity index (χ3v) is 4.77. The molecule has 0 bridgehead atoms. The molecule has 0 saturated heterocycles. The van der Waals surface area contributed by atoms with Gasteiger partial charge in [-0.1, -0.05) is 32.0 Å². The molecule has 1 heterocycles. The lowest BCUT2D eigenvalue weighted by molar-refractivity contribution is 0.268. The van der Waals surface area contributed by atoms with Crippen LogP contribution in [-0.2, 0) is 13.1 Å². The minimum absolute atomic E-state index is 0. The van der Waals surface area contributed by atoms with E-state index >= 15 is 0 Å². The number of guanidine groups is 1. The van der Waals surface area contributed by atoms with Crippen LogP contribution in [0.3, 0.4) is 0 Å². The highest BCUT2D eigenvalue weighted by Gasteiger charge is 2.07. The lowest BCUT2D eigenvalue weighted by Gasteiger charge is -2.15. The number of hydrogen-bond acceptors (Lipinski definition) is 4. The summed E-state index contributed by atoms with van der Waals surface area (Å²) in [5.41, 5.74) is 2.22. The number of benzene rings is 1. The molecule has 0 radical (unpaired) electrons. The molecule has 2 aromatic rings. The highest BCUT2D eigenvalue weighted by molar-refractivity contribution is 14.0. The fourth-order valence-electron chi connectivity index (χ4n) is 2.22. The van der Waals surface area contributed by atoms with E-state index in [0.29, 0.717) is 25.6 Å². The first-order chi connectivity index (χ1) is 12.0. The minimum Gasteiger partial charge on any atom is -0.493 e. The van der Waals surface area contributed by atoms with Crippen molar-refractivity contribution in [3.05, 3.63) is 45.4 Å². The standard InChI is InChI=1S/C19H28N4OS.HI/c1-13(2)12-24-17-9-7-6-8-16(17)10-21-19(20-5)22-11-18-23-14(3)15(4)25-18;/h6-9,13H,10-12H2,1-5H3,(H2,20,21,22);1H. The predicted molar refractivity (Wildman–Crippen MR) is 121 cm³/mol. The fourth-order valence-corrected chi connectivity index (χ4v) is 3.09. The molecule has 0 aliphatic rings. The van der Waals surface area contributed by atoms with Crippen molar-refractivity contribution >= 4 is 41.3 Å². The number of ether oxygens (including phenoxy) is 1. The van der Waals surface area contributed by atoms with Crippen molar-refractivity contribution in [2.75, 3.05) is 13.7 Å². The van der Waals surface area contributed by atoms with Gasteiger partial charge in [0.1, 0.15) is 10.8 Å². The lowest BCUT2D eigenvalue weighted by atomic mass is 10.2. The number of para-hydroxylation sites is 1. The van der Waals surface area contributed by atoms with Gasteiger partial charge in [-0.05, 0) is 25.8 Å². The van der Waals surface area contributed by atoms with E-state index in [0.717, 1.165) is 28.0 Å². The highest BCUT2D eigenvalue weighted by Crippen LogP contribution is 2.19. The van der Waals surface area contributed by atoms with E-state index in [1.54, 1.807) is 18.4 Å². The Bertz CT molecular complexity index is 696. The van der Waals surface area contributed by atoms with Gasteiger partial charge in [0.15, 0.2) is 5.96 Å². The van der Waals surface area contributed by atoms with Gasteiger partial charge in [0.2, 0.25) is 0 Å². The average Bonchev–Trinajstić information content (AvgIpc) is 2.92. The molecule has 1 aromatic carbocycles. The smallest absolute Gasteiger partial charge is 0.191 e. The number of halogens is 1. The number of aromatic nitrogens is 1. The summed E-state index contributed by atoms with van der Waals surface area (Å²) in [6, 6.07) is 8.11. The number of nitrogens with zero attached hydrogens (tertiary/aromatic N) is 2. The zero-order valence-electron chi connectivity index (χ0n) is 16.1. The maximum atomic E-state index is 5.90. The summed E-state index contributed by atoms with van der Waals surface area (Å²) in [4.78, 5) is 10.1. The Hall–Kier alpha value is -1.35. The van der Waals surface area contributed by atoms with E-state index in [1.165, 1.54) is 4.88 Å². The summed E-state index contributed by atoms with van der Waals surface area (Å²) in [6.07, 6.45) is 0. The molecule has 5 nitrogen and oxygen atoms in total. The second kappa shape index (κ2) is 11.4. The molecule has 0 spiro atoms. The van der Waals surface area contributed by atoms with Crippen molar-refractivity contribution in [2.24, 2.45) is 10.9 Å². The van der Waals surface area contributed by atoms with Gasteiger partial charge in [-0.15, -0.1) is 35.3 Å². The number of hydrogen-bond donors (Lipinski definition) is 2. The average molecular weight is 488 g/mol. The zero-order valence-corrected chi connectivity index (χ0v) is 19.3. The van der Waals surface area contributed by atoms with Crippen molar-refractivity contribution in [1.82, 2.24) is 15.6 Å².